The highest BCUT2D eigenvalue weighted by Crippen LogP contribution is 2.23. The van der Waals surface area contributed by atoms with E-state index >= 15 is 0 Å². The van der Waals surface area contributed by atoms with E-state index in [0.29, 0.717) is 5.15 Å². The molecule has 0 bridgehead atoms. The fourth-order valence-electron chi connectivity index (χ4n) is 1.68. The normalized spacial score (nSPS) is 10.9. The highest BCUT2D eigenvalue weighted by Gasteiger charge is 2.06. The van der Waals surface area contributed by atoms with Gasteiger partial charge in [0.2, 0.25) is 0 Å². The zero-order valence-corrected chi connectivity index (χ0v) is 9.67. The van der Waals surface area contributed by atoms with Crippen molar-refractivity contribution in [1.29, 1.82) is 0 Å². The molecule has 1 heterocycles. The molecular weight excluding hydrogens is 208 g/mol. The second-order valence-corrected chi connectivity index (χ2v) is 4.01. The van der Waals surface area contributed by atoms with Crippen molar-refractivity contribution in [2.45, 2.75) is 26.7 Å². The first-order valence-corrected chi connectivity index (χ1v) is 5.52. The molecule has 0 saturated heterocycles. The highest BCUT2D eigenvalue weighted by molar-refractivity contribution is 6.34. The maximum atomic E-state index is 6.15. The van der Waals surface area contributed by atoms with Crippen LogP contribution in [-0.2, 0) is 6.42 Å². The Kier molecular flexibility index (Phi) is 2.87. The van der Waals surface area contributed by atoms with Crippen LogP contribution in [0.15, 0.2) is 18.2 Å². The smallest absolute Gasteiger partial charge is 0.140 e. The molecule has 0 amide bonds. The predicted molar refractivity (Wildman–Crippen MR) is 63.3 cm³/mol. The molecule has 0 spiro atoms. The van der Waals surface area contributed by atoms with E-state index in [2.05, 4.69) is 16.9 Å². The van der Waals surface area contributed by atoms with Crippen LogP contribution in [0.3, 0.4) is 0 Å². The summed E-state index contributed by atoms with van der Waals surface area (Å²) in [5.74, 6) is 0.834. The molecule has 2 aromatic rings. The summed E-state index contributed by atoms with van der Waals surface area (Å²) in [6.45, 7) is 4.13. The van der Waals surface area contributed by atoms with Crippen molar-refractivity contribution in [1.82, 2.24) is 9.97 Å². The maximum Gasteiger partial charge on any atom is 0.140 e. The molecule has 1 aromatic heterocycles. The Morgan fingerprint density at radius 3 is 2.80 bits per heavy atom. The lowest BCUT2D eigenvalue weighted by atomic mass is 10.1. The molecule has 3 heteroatoms. The third-order valence-electron chi connectivity index (χ3n) is 2.41. The molecule has 0 aliphatic carbocycles. The molecule has 0 aliphatic heterocycles. The lowest BCUT2D eigenvalue weighted by molar-refractivity contribution is 0.844. The van der Waals surface area contributed by atoms with Gasteiger partial charge in [0.1, 0.15) is 11.0 Å². The van der Waals surface area contributed by atoms with Crippen molar-refractivity contribution in [2.75, 3.05) is 0 Å². The molecule has 0 saturated carbocycles. The number of fused-ring (bicyclic) bond motifs is 1. The SMILES string of the molecule is CCCc1nc(Cl)c2c(C)cccc2n1. The first kappa shape index (κ1) is 10.4. The lowest BCUT2D eigenvalue weighted by Crippen LogP contribution is -1.96. The molecule has 0 unspecified atom stereocenters. The van der Waals surface area contributed by atoms with Gasteiger partial charge in [0.15, 0.2) is 0 Å². The third kappa shape index (κ3) is 1.95. The van der Waals surface area contributed by atoms with E-state index in [0.717, 1.165) is 35.1 Å². The fraction of sp³-hybridized carbons (Fsp3) is 0.333. The van der Waals surface area contributed by atoms with Crippen LogP contribution in [0.2, 0.25) is 5.15 Å². The van der Waals surface area contributed by atoms with E-state index in [4.69, 9.17) is 11.6 Å². The van der Waals surface area contributed by atoms with Gasteiger partial charge in [0.05, 0.1) is 5.52 Å². The maximum absolute atomic E-state index is 6.15. The quantitative estimate of drug-likeness (QED) is 0.724. The van der Waals surface area contributed by atoms with E-state index < -0.39 is 0 Å². The Hall–Kier alpha value is -1.15. The second-order valence-electron chi connectivity index (χ2n) is 3.65. The minimum absolute atomic E-state index is 0.571. The molecule has 1 aromatic carbocycles. The topological polar surface area (TPSA) is 25.8 Å². The number of halogens is 1. The van der Waals surface area contributed by atoms with Gasteiger partial charge in [-0.2, -0.15) is 0 Å². The number of nitrogens with zero attached hydrogens (tertiary/aromatic N) is 2. The van der Waals surface area contributed by atoms with Crippen LogP contribution in [0.5, 0.6) is 0 Å². The first-order chi connectivity index (χ1) is 7.22. The van der Waals surface area contributed by atoms with E-state index in [-0.39, 0.29) is 0 Å². The fourth-order valence-corrected chi connectivity index (χ4v) is 2.03. The summed E-state index contributed by atoms with van der Waals surface area (Å²) in [7, 11) is 0. The minimum Gasteiger partial charge on any atom is -0.233 e. The Bertz CT molecular complexity index is 494. The molecule has 78 valence electrons. The summed E-state index contributed by atoms with van der Waals surface area (Å²) in [5.41, 5.74) is 2.07. The van der Waals surface area contributed by atoms with Gasteiger partial charge in [-0.25, -0.2) is 9.97 Å². The van der Waals surface area contributed by atoms with Crippen molar-refractivity contribution in [3.8, 4) is 0 Å². The lowest BCUT2D eigenvalue weighted by Gasteiger charge is -2.05. The van der Waals surface area contributed by atoms with Gasteiger partial charge in [0.25, 0.3) is 0 Å². The number of rotatable bonds is 2. The van der Waals surface area contributed by atoms with E-state index in [1.54, 1.807) is 0 Å². The Labute approximate surface area is 94.3 Å². The summed E-state index contributed by atoms with van der Waals surface area (Å²) < 4.78 is 0. The Morgan fingerprint density at radius 1 is 1.27 bits per heavy atom. The van der Waals surface area contributed by atoms with E-state index in [1.807, 2.05) is 25.1 Å². The van der Waals surface area contributed by atoms with Crippen LogP contribution in [0, 0.1) is 6.92 Å². The molecular formula is C12H13ClN2. The predicted octanol–water partition coefficient (Wildman–Crippen LogP) is 3.54. The highest BCUT2D eigenvalue weighted by atomic mass is 35.5. The number of aryl methyl sites for hydroxylation is 2. The standard InChI is InChI=1S/C12H13ClN2/c1-3-5-10-14-9-7-4-6-8(2)11(9)12(13)15-10/h4,6-7H,3,5H2,1-2H3. The van der Waals surface area contributed by atoms with Crippen molar-refractivity contribution >= 4 is 22.5 Å². The summed E-state index contributed by atoms with van der Waals surface area (Å²) in [4.78, 5) is 8.80. The summed E-state index contributed by atoms with van der Waals surface area (Å²) >= 11 is 6.15. The average molecular weight is 221 g/mol. The third-order valence-corrected chi connectivity index (χ3v) is 2.68. The van der Waals surface area contributed by atoms with Crippen LogP contribution in [0.1, 0.15) is 24.7 Å². The van der Waals surface area contributed by atoms with E-state index in [9.17, 15) is 0 Å². The summed E-state index contributed by atoms with van der Waals surface area (Å²) in [6.07, 6.45) is 1.91. The molecule has 0 radical (unpaired) electrons. The van der Waals surface area contributed by atoms with Gasteiger partial charge in [-0.1, -0.05) is 30.7 Å². The molecule has 0 fully saturated rings. The van der Waals surface area contributed by atoms with Crippen LogP contribution >= 0.6 is 11.6 Å². The first-order valence-electron chi connectivity index (χ1n) is 5.14. The van der Waals surface area contributed by atoms with Crippen molar-refractivity contribution in [3.05, 3.63) is 34.7 Å². The number of aromatic nitrogens is 2. The van der Waals surface area contributed by atoms with Gasteiger partial charge in [-0.05, 0) is 25.0 Å². The van der Waals surface area contributed by atoms with Crippen LogP contribution in [0.4, 0.5) is 0 Å². The molecule has 0 aliphatic rings. The largest absolute Gasteiger partial charge is 0.233 e. The average Bonchev–Trinajstić information content (AvgIpc) is 2.17. The second kappa shape index (κ2) is 4.15. The molecule has 2 rings (SSSR count). The molecule has 2 nitrogen and oxygen atoms in total. The zero-order chi connectivity index (χ0) is 10.8. The van der Waals surface area contributed by atoms with Gasteiger partial charge in [0, 0.05) is 11.8 Å². The van der Waals surface area contributed by atoms with Gasteiger partial charge >= 0.3 is 0 Å². The van der Waals surface area contributed by atoms with Crippen molar-refractivity contribution in [3.63, 3.8) is 0 Å². The number of benzene rings is 1. The van der Waals surface area contributed by atoms with Crippen molar-refractivity contribution in [2.24, 2.45) is 0 Å². The Morgan fingerprint density at radius 2 is 2.07 bits per heavy atom. The van der Waals surface area contributed by atoms with Crippen LogP contribution < -0.4 is 0 Å². The monoisotopic (exact) mass is 220 g/mol. The van der Waals surface area contributed by atoms with E-state index in [1.165, 1.54) is 0 Å². The summed E-state index contributed by atoms with van der Waals surface area (Å²) in [5, 5.41) is 1.54. The van der Waals surface area contributed by atoms with Crippen molar-refractivity contribution < 1.29 is 0 Å². The zero-order valence-electron chi connectivity index (χ0n) is 8.92. The van der Waals surface area contributed by atoms with Gasteiger partial charge in [-0.3, -0.25) is 0 Å². The molecule has 0 N–H and O–H groups in total. The number of hydrogen-bond donors (Lipinski definition) is 0. The van der Waals surface area contributed by atoms with Gasteiger partial charge in [-0.15, -0.1) is 0 Å². The number of hydrogen-bond acceptors (Lipinski definition) is 2. The minimum atomic E-state index is 0.571. The molecule has 0 atom stereocenters. The van der Waals surface area contributed by atoms with Gasteiger partial charge < -0.3 is 0 Å². The van der Waals surface area contributed by atoms with Crippen LogP contribution in [0.25, 0.3) is 10.9 Å². The van der Waals surface area contributed by atoms with Crippen LogP contribution in [-0.4, -0.2) is 9.97 Å². The molecule has 15 heavy (non-hydrogen) atoms. The summed E-state index contributed by atoms with van der Waals surface area (Å²) in [6, 6.07) is 6.00. The Balaban J connectivity index is 2.67.